The molecule has 7 heteroatoms. The van der Waals surface area contributed by atoms with E-state index in [-0.39, 0.29) is 22.7 Å². The molecule has 0 radical (unpaired) electrons. The minimum absolute atomic E-state index is 0.0856. The summed E-state index contributed by atoms with van der Waals surface area (Å²) < 4.78 is 20.3. The maximum absolute atomic E-state index is 14.9. The number of aromatic nitrogens is 1. The van der Waals surface area contributed by atoms with E-state index < -0.39 is 23.5 Å². The van der Waals surface area contributed by atoms with Crippen molar-refractivity contribution in [2.24, 2.45) is 0 Å². The maximum Gasteiger partial charge on any atom is 0.301 e. The Morgan fingerprint density at radius 3 is 2.53 bits per heavy atom. The van der Waals surface area contributed by atoms with Gasteiger partial charge in [-0.1, -0.05) is 24.3 Å². The van der Waals surface area contributed by atoms with Gasteiger partial charge in [-0.15, -0.1) is 0 Å². The van der Waals surface area contributed by atoms with Gasteiger partial charge in [0.05, 0.1) is 18.2 Å². The van der Waals surface area contributed by atoms with Gasteiger partial charge >= 0.3 is 5.91 Å². The van der Waals surface area contributed by atoms with Crippen LogP contribution < -0.4 is 9.64 Å². The quantitative estimate of drug-likeness (QED) is 0.363. The van der Waals surface area contributed by atoms with E-state index in [2.05, 4.69) is 4.98 Å². The van der Waals surface area contributed by atoms with E-state index in [4.69, 9.17) is 4.74 Å². The molecule has 162 valence electrons. The predicted octanol–water partition coefficient (Wildman–Crippen LogP) is 4.55. The smallest absolute Gasteiger partial charge is 0.301 e. The monoisotopic (exact) mass is 432 g/mol. The van der Waals surface area contributed by atoms with E-state index in [1.165, 1.54) is 24.4 Å². The first-order valence-corrected chi connectivity index (χ1v) is 10.1. The second-order valence-corrected chi connectivity index (χ2v) is 7.29. The first-order valence-electron chi connectivity index (χ1n) is 10.1. The third-order valence-electron chi connectivity index (χ3n) is 5.30. The summed E-state index contributed by atoms with van der Waals surface area (Å²) in [7, 11) is 0. The average Bonchev–Trinajstić information content (AvgIpc) is 3.05. The van der Waals surface area contributed by atoms with Crippen molar-refractivity contribution in [2.75, 3.05) is 11.5 Å². The van der Waals surface area contributed by atoms with E-state index in [9.17, 15) is 19.1 Å². The Labute approximate surface area is 184 Å². The largest absolute Gasteiger partial charge is 0.507 e. The minimum atomic E-state index is -1.17. The zero-order valence-electron chi connectivity index (χ0n) is 17.6. The van der Waals surface area contributed by atoms with Gasteiger partial charge in [-0.25, -0.2) is 9.37 Å². The molecule has 0 aliphatic carbocycles. The number of aliphatic hydroxyl groups is 1. The van der Waals surface area contributed by atoms with Crippen LogP contribution >= 0.6 is 0 Å². The lowest BCUT2D eigenvalue weighted by Crippen LogP contribution is -2.30. The SMILES string of the molecule is CCOc1ccc(C(O)=C2C(=O)C(=O)N(c3ccccn3)[C@@H]2c2ccccc2F)c(C)c1. The molecule has 1 atom stereocenters. The first kappa shape index (κ1) is 21.2. The number of carbonyl (C=O) groups is 2. The molecule has 4 rings (SSSR count). The fraction of sp³-hybridized carbons (Fsp3) is 0.160. The molecule has 2 aromatic carbocycles. The van der Waals surface area contributed by atoms with Crippen LogP contribution in [0.4, 0.5) is 10.2 Å². The number of Topliss-reactive ketones (excluding diaryl/α,β-unsaturated/α-hetero) is 1. The van der Waals surface area contributed by atoms with Crippen LogP contribution in [0.2, 0.25) is 0 Å². The van der Waals surface area contributed by atoms with Crippen molar-refractivity contribution in [3.05, 3.63) is 94.9 Å². The highest BCUT2D eigenvalue weighted by atomic mass is 19.1. The first-order chi connectivity index (χ1) is 15.4. The Hall–Kier alpha value is -4.00. The Kier molecular flexibility index (Phi) is 5.73. The third kappa shape index (κ3) is 3.62. The highest BCUT2D eigenvalue weighted by Gasteiger charge is 2.48. The molecule has 1 amide bonds. The molecule has 1 aliphatic rings. The Morgan fingerprint density at radius 1 is 1.12 bits per heavy atom. The molecule has 0 bridgehead atoms. The number of anilines is 1. The molecule has 3 aromatic rings. The van der Waals surface area contributed by atoms with E-state index in [1.54, 1.807) is 49.4 Å². The van der Waals surface area contributed by atoms with Gasteiger partial charge < -0.3 is 9.84 Å². The number of hydrogen-bond acceptors (Lipinski definition) is 5. The maximum atomic E-state index is 14.9. The van der Waals surface area contributed by atoms with Gasteiger partial charge in [-0.2, -0.15) is 0 Å². The number of carbonyl (C=O) groups excluding carboxylic acids is 2. The summed E-state index contributed by atoms with van der Waals surface area (Å²) in [5, 5.41) is 11.2. The van der Waals surface area contributed by atoms with E-state index in [0.29, 0.717) is 23.5 Å². The summed E-state index contributed by atoms with van der Waals surface area (Å²) in [5.74, 6) is -1.98. The molecule has 1 saturated heterocycles. The molecule has 0 spiro atoms. The summed E-state index contributed by atoms with van der Waals surface area (Å²) in [5.41, 5.74) is 0.888. The topological polar surface area (TPSA) is 79.7 Å². The number of ketones is 1. The summed E-state index contributed by atoms with van der Waals surface area (Å²) in [6.45, 7) is 4.09. The van der Waals surface area contributed by atoms with E-state index in [0.717, 1.165) is 4.90 Å². The number of amides is 1. The van der Waals surface area contributed by atoms with Crippen LogP contribution in [0.15, 0.2) is 72.4 Å². The van der Waals surface area contributed by atoms with Crippen molar-refractivity contribution in [1.82, 2.24) is 4.98 Å². The molecule has 1 aromatic heterocycles. The second kappa shape index (κ2) is 8.63. The summed E-state index contributed by atoms with van der Waals surface area (Å²) in [6.07, 6.45) is 1.48. The number of halogens is 1. The molecule has 32 heavy (non-hydrogen) atoms. The van der Waals surface area contributed by atoms with Crippen LogP contribution in [-0.4, -0.2) is 28.4 Å². The Balaban J connectivity index is 1.94. The molecule has 6 nitrogen and oxygen atoms in total. The van der Waals surface area contributed by atoms with E-state index in [1.807, 2.05) is 6.92 Å². The van der Waals surface area contributed by atoms with Crippen molar-refractivity contribution < 1.29 is 23.8 Å². The highest BCUT2D eigenvalue weighted by Crippen LogP contribution is 2.42. The van der Waals surface area contributed by atoms with Crippen LogP contribution in [0, 0.1) is 12.7 Å². The number of aryl methyl sites for hydroxylation is 1. The van der Waals surface area contributed by atoms with Crippen molar-refractivity contribution in [3.63, 3.8) is 0 Å². The number of rotatable bonds is 5. The van der Waals surface area contributed by atoms with Crippen molar-refractivity contribution in [2.45, 2.75) is 19.9 Å². The molecular weight excluding hydrogens is 411 g/mol. The summed E-state index contributed by atoms with van der Waals surface area (Å²) in [4.78, 5) is 31.4. The fourth-order valence-corrected chi connectivity index (χ4v) is 3.86. The Morgan fingerprint density at radius 2 is 1.88 bits per heavy atom. The van der Waals surface area contributed by atoms with Crippen LogP contribution in [-0.2, 0) is 9.59 Å². The summed E-state index contributed by atoms with van der Waals surface area (Å²) in [6, 6.07) is 14.6. The predicted molar refractivity (Wildman–Crippen MR) is 118 cm³/mol. The standard InChI is InChI=1S/C25H21FN2O4/c1-3-32-16-11-12-17(15(2)14-16)23(29)21-22(18-8-4-5-9-19(18)26)28(25(31)24(21)30)20-10-6-7-13-27-20/h4-14,22,29H,3H2,1-2H3/t22-/m1/s1. The minimum Gasteiger partial charge on any atom is -0.507 e. The van der Waals surface area contributed by atoms with Gasteiger partial charge in [0.25, 0.3) is 5.78 Å². The lowest BCUT2D eigenvalue weighted by Gasteiger charge is -2.24. The van der Waals surface area contributed by atoms with Gasteiger partial charge in [-0.3, -0.25) is 14.5 Å². The Bertz CT molecular complexity index is 1220. The van der Waals surface area contributed by atoms with E-state index >= 15 is 0 Å². The lowest BCUT2D eigenvalue weighted by atomic mass is 9.93. The molecule has 1 aliphatic heterocycles. The van der Waals surface area contributed by atoms with Gasteiger partial charge in [-0.05, 0) is 55.8 Å². The van der Waals surface area contributed by atoms with Gasteiger partial charge in [0.15, 0.2) is 0 Å². The number of ether oxygens (including phenoxy) is 1. The summed E-state index contributed by atoms with van der Waals surface area (Å²) >= 11 is 0. The van der Waals surface area contributed by atoms with Crippen molar-refractivity contribution >= 4 is 23.3 Å². The number of nitrogens with zero attached hydrogens (tertiary/aromatic N) is 2. The van der Waals surface area contributed by atoms with Gasteiger partial charge in [0.2, 0.25) is 0 Å². The highest BCUT2D eigenvalue weighted by molar-refractivity contribution is 6.51. The molecular formula is C25H21FN2O4. The molecule has 1 fully saturated rings. The van der Waals surface area contributed by atoms with Crippen molar-refractivity contribution in [1.29, 1.82) is 0 Å². The average molecular weight is 432 g/mol. The molecule has 2 heterocycles. The second-order valence-electron chi connectivity index (χ2n) is 7.29. The normalized spacial score (nSPS) is 17.6. The zero-order valence-corrected chi connectivity index (χ0v) is 17.6. The van der Waals surface area contributed by atoms with Crippen LogP contribution in [0.3, 0.4) is 0 Å². The number of pyridine rings is 1. The van der Waals surface area contributed by atoms with Gasteiger partial charge in [0, 0.05) is 17.3 Å². The fourth-order valence-electron chi connectivity index (χ4n) is 3.86. The molecule has 0 saturated carbocycles. The van der Waals surface area contributed by atoms with Crippen LogP contribution in [0.1, 0.15) is 29.7 Å². The van der Waals surface area contributed by atoms with Crippen molar-refractivity contribution in [3.8, 4) is 5.75 Å². The number of aliphatic hydroxyl groups excluding tert-OH is 1. The van der Waals surface area contributed by atoms with Crippen LogP contribution in [0.25, 0.3) is 5.76 Å². The van der Waals surface area contributed by atoms with Gasteiger partial charge in [0.1, 0.15) is 23.1 Å². The molecule has 0 unspecified atom stereocenters. The molecule has 1 N–H and O–H groups in total. The number of hydrogen-bond donors (Lipinski definition) is 1. The number of benzene rings is 2. The third-order valence-corrected chi connectivity index (χ3v) is 5.30. The lowest BCUT2D eigenvalue weighted by molar-refractivity contribution is -0.132. The zero-order chi connectivity index (χ0) is 22.8. The van der Waals surface area contributed by atoms with Crippen LogP contribution in [0.5, 0.6) is 5.75 Å².